The fraction of sp³-hybridized carbons (Fsp3) is 0.0667. The highest BCUT2D eigenvalue weighted by atomic mass is 79.9. The van der Waals surface area contributed by atoms with E-state index >= 15 is 0 Å². The number of anilines is 3. The number of fused-ring (bicyclic) bond motifs is 1. The number of aromatic nitrogens is 2. The Bertz CT molecular complexity index is 807. The largest absolute Gasteiger partial charge is 0.495 e. The molecule has 0 saturated carbocycles. The van der Waals surface area contributed by atoms with E-state index in [2.05, 4.69) is 31.2 Å². The third kappa shape index (κ3) is 2.75. The van der Waals surface area contributed by atoms with Gasteiger partial charge in [-0.1, -0.05) is 0 Å². The van der Waals surface area contributed by atoms with Crippen molar-refractivity contribution in [2.75, 3.05) is 18.2 Å². The number of nitrogens with two attached hydrogens (primary N) is 1. The molecule has 6 heteroatoms. The van der Waals surface area contributed by atoms with Crippen molar-refractivity contribution in [3.8, 4) is 5.75 Å². The molecule has 0 aliphatic rings. The molecule has 5 nitrogen and oxygen atoms in total. The van der Waals surface area contributed by atoms with Crippen molar-refractivity contribution < 1.29 is 4.74 Å². The highest BCUT2D eigenvalue weighted by molar-refractivity contribution is 9.10. The predicted octanol–water partition coefficient (Wildman–Crippen LogP) is 3.73. The zero-order chi connectivity index (χ0) is 14.8. The van der Waals surface area contributed by atoms with Crippen molar-refractivity contribution in [2.24, 2.45) is 0 Å². The first-order valence-corrected chi connectivity index (χ1v) is 7.07. The molecule has 0 unspecified atom stereocenters. The number of nitrogen functional groups attached to an aromatic ring is 1. The third-order valence-corrected chi connectivity index (χ3v) is 3.73. The van der Waals surface area contributed by atoms with Gasteiger partial charge in [-0.25, -0.2) is 9.97 Å². The fourth-order valence-corrected chi connectivity index (χ4v) is 2.46. The molecule has 0 aliphatic heterocycles. The van der Waals surface area contributed by atoms with Gasteiger partial charge in [0.1, 0.15) is 17.9 Å². The highest BCUT2D eigenvalue weighted by Crippen LogP contribution is 2.30. The van der Waals surface area contributed by atoms with E-state index in [1.165, 1.54) is 6.33 Å². The number of benzene rings is 2. The molecule has 3 aromatic rings. The summed E-state index contributed by atoms with van der Waals surface area (Å²) in [6, 6.07) is 11.3. The Balaban J connectivity index is 2.02. The molecule has 0 bridgehead atoms. The summed E-state index contributed by atoms with van der Waals surface area (Å²) in [5, 5.41) is 4.19. The van der Waals surface area contributed by atoms with Gasteiger partial charge in [0, 0.05) is 22.8 Å². The van der Waals surface area contributed by atoms with E-state index < -0.39 is 0 Å². The molecule has 0 atom stereocenters. The molecule has 21 heavy (non-hydrogen) atoms. The summed E-state index contributed by atoms with van der Waals surface area (Å²) in [4.78, 5) is 8.52. The third-order valence-electron chi connectivity index (χ3n) is 3.07. The quantitative estimate of drug-likeness (QED) is 0.708. The molecule has 0 fully saturated rings. The minimum Gasteiger partial charge on any atom is -0.495 e. The summed E-state index contributed by atoms with van der Waals surface area (Å²) in [6.45, 7) is 0. The summed E-state index contributed by atoms with van der Waals surface area (Å²) in [7, 11) is 1.63. The van der Waals surface area contributed by atoms with Gasteiger partial charge in [0.2, 0.25) is 0 Å². The van der Waals surface area contributed by atoms with E-state index in [9.17, 15) is 0 Å². The van der Waals surface area contributed by atoms with E-state index in [0.29, 0.717) is 5.69 Å². The number of methoxy groups -OCH3 is 1. The molecule has 0 aliphatic carbocycles. The Hall–Kier alpha value is -2.34. The maximum absolute atomic E-state index is 5.78. The SMILES string of the molecule is COc1cc(Nc2ncnc3cc(N)ccc23)ccc1Br. The van der Waals surface area contributed by atoms with Gasteiger partial charge < -0.3 is 15.8 Å². The molecule has 3 rings (SSSR count). The van der Waals surface area contributed by atoms with Gasteiger partial charge in [-0.05, 0) is 46.3 Å². The van der Waals surface area contributed by atoms with Crippen LogP contribution in [0.5, 0.6) is 5.75 Å². The Morgan fingerprint density at radius 2 is 2.00 bits per heavy atom. The van der Waals surface area contributed by atoms with Gasteiger partial charge in [-0.15, -0.1) is 0 Å². The minimum absolute atomic E-state index is 0.678. The minimum atomic E-state index is 0.678. The number of rotatable bonds is 3. The number of hydrogen-bond acceptors (Lipinski definition) is 5. The topological polar surface area (TPSA) is 73.1 Å². The molecule has 1 aromatic heterocycles. The van der Waals surface area contributed by atoms with Crippen molar-refractivity contribution in [3.05, 3.63) is 47.2 Å². The van der Waals surface area contributed by atoms with E-state index in [0.717, 1.165) is 32.6 Å². The molecular formula is C15H13BrN4O. The van der Waals surface area contributed by atoms with E-state index in [-0.39, 0.29) is 0 Å². The van der Waals surface area contributed by atoms with E-state index in [1.54, 1.807) is 7.11 Å². The van der Waals surface area contributed by atoms with Crippen LogP contribution in [-0.2, 0) is 0 Å². The van der Waals surface area contributed by atoms with E-state index in [4.69, 9.17) is 10.5 Å². The molecule has 2 aromatic carbocycles. The van der Waals surface area contributed by atoms with Crippen molar-refractivity contribution in [3.63, 3.8) is 0 Å². The summed E-state index contributed by atoms with van der Waals surface area (Å²) in [6.07, 6.45) is 1.51. The van der Waals surface area contributed by atoms with Crippen molar-refractivity contribution >= 4 is 44.0 Å². The summed E-state index contributed by atoms with van der Waals surface area (Å²) >= 11 is 3.43. The van der Waals surface area contributed by atoms with Crippen LogP contribution in [0.1, 0.15) is 0 Å². The van der Waals surface area contributed by atoms with Gasteiger partial charge in [0.25, 0.3) is 0 Å². The van der Waals surface area contributed by atoms with Gasteiger partial charge >= 0.3 is 0 Å². The van der Waals surface area contributed by atoms with Crippen LogP contribution in [-0.4, -0.2) is 17.1 Å². The molecule has 1 heterocycles. The lowest BCUT2D eigenvalue weighted by molar-refractivity contribution is 0.412. The zero-order valence-electron chi connectivity index (χ0n) is 11.3. The monoisotopic (exact) mass is 344 g/mol. The second-order valence-corrected chi connectivity index (χ2v) is 5.33. The lowest BCUT2D eigenvalue weighted by Crippen LogP contribution is -1.97. The normalized spacial score (nSPS) is 10.6. The first-order valence-electron chi connectivity index (χ1n) is 6.28. The lowest BCUT2D eigenvalue weighted by atomic mass is 10.2. The van der Waals surface area contributed by atoms with E-state index in [1.807, 2.05) is 36.4 Å². The molecule has 0 spiro atoms. The van der Waals surface area contributed by atoms with Crippen LogP contribution in [0.2, 0.25) is 0 Å². The average molecular weight is 345 g/mol. The van der Waals surface area contributed by atoms with Crippen LogP contribution in [0, 0.1) is 0 Å². The maximum atomic E-state index is 5.78. The molecular weight excluding hydrogens is 332 g/mol. The van der Waals surface area contributed by atoms with Crippen LogP contribution >= 0.6 is 15.9 Å². The molecule has 106 valence electrons. The van der Waals surface area contributed by atoms with Crippen LogP contribution < -0.4 is 15.8 Å². The van der Waals surface area contributed by atoms with Crippen LogP contribution in [0.15, 0.2) is 47.2 Å². The van der Waals surface area contributed by atoms with Crippen LogP contribution in [0.3, 0.4) is 0 Å². The predicted molar refractivity (Wildman–Crippen MR) is 87.9 cm³/mol. The molecule has 3 N–H and O–H groups in total. The summed E-state index contributed by atoms with van der Waals surface area (Å²) in [5.41, 5.74) is 8.14. The second kappa shape index (κ2) is 5.57. The number of halogens is 1. The maximum Gasteiger partial charge on any atom is 0.141 e. The lowest BCUT2D eigenvalue weighted by Gasteiger charge is -2.10. The van der Waals surface area contributed by atoms with Gasteiger partial charge in [-0.2, -0.15) is 0 Å². The smallest absolute Gasteiger partial charge is 0.141 e. The number of nitrogens with one attached hydrogen (secondary N) is 1. The molecule has 0 radical (unpaired) electrons. The number of nitrogens with zero attached hydrogens (tertiary/aromatic N) is 2. The van der Waals surface area contributed by atoms with Gasteiger partial charge in [-0.3, -0.25) is 0 Å². The Kier molecular flexibility index (Phi) is 3.62. The standard InChI is InChI=1S/C15H13BrN4O/c1-21-14-7-10(3-5-12(14)16)20-15-11-4-2-9(17)6-13(11)18-8-19-15/h2-8H,17H2,1H3,(H,18,19,20). The van der Waals surface area contributed by atoms with Gasteiger partial charge in [0.05, 0.1) is 17.1 Å². The summed E-state index contributed by atoms with van der Waals surface area (Å²) in [5.74, 6) is 1.48. The molecule has 0 amide bonds. The zero-order valence-corrected chi connectivity index (χ0v) is 12.9. The van der Waals surface area contributed by atoms with Crippen LogP contribution in [0.4, 0.5) is 17.2 Å². The average Bonchev–Trinajstić information content (AvgIpc) is 2.49. The van der Waals surface area contributed by atoms with Crippen molar-refractivity contribution in [1.29, 1.82) is 0 Å². The number of hydrogen-bond donors (Lipinski definition) is 2. The Labute approximate surface area is 130 Å². The first-order chi connectivity index (χ1) is 10.2. The Morgan fingerprint density at radius 1 is 1.14 bits per heavy atom. The number of ether oxygens (including phenoxy) is 1. The van der Waals surface area contributed by atoms with Crippen molar-refractivity contribution in [2.45, 2.75) is 0 Å². The highest BCUT2D eigenvalue weighted by Gasteiger charge is 2.06. The summed E-state index contributed by atoms with van der Waals surface area (Å²) < 4.78 is 6.19. The Morgan fingerprint density at radius 3 is 2.81 bits per heavy atom. The first kappa shape index (κ1) is 13.6. The molecule has 0 saturated heterocycles. The van der Waals surface area contributed by atoms with Crippen LogP contribution in [0.25, 0.3) is 10.9 Å². The van der Waals surface area contributed by atoms with Crippen molar-refractivity contribution in [1.82, 2.24) is 9.97 Å². The van der Waals surface area contributed by atoms with Gasteiger partial charge in [0.15, 0.2) is 0 Å². The second-order valence-electron chi connectivity index (χ2n) is 4.47. The fourth-order valence-electron chi connectivity index (χ4n) is 2.05.